The number of ether oxygens (including phenoxy) is 1. The van der Waals surface area contributed by atoms with Crippen molar-refractivity contribution >= 4 is 17.3 Å². The fraction of sp³-hybridized carbons (Fsp3) is 0.375. The summed E-state index contributed by atoms with van der Waals surface area (Å²) >= 11 is 1.21. The maximum Gasteiger partial charge on any atom is 0.347 e. The number of likely N-dealkylation sites (N-methyl/N-ethyl adjacent to an activating group) is 1. The van der Waals surface area contributed by atoms with Gasteiger partial charge in [0, 0.05) is 12.1 Å². The van der Waals surface area contributed by atoms with E-state index in [9.17, 15) is 9.90 Å². The summed E-state index contributed by atoms with van der Waals surface area (Å²) in [5, 5.41) is 9.92. The fourth-order valence-electron chi connectivity index (χ4n) is 1.92. The molecule has 22 heavy (non-hydrogen) atoms. The topological polar surface area (TPSA) is 62.7 Å². The molecule has 1 aromatic heterocycles. The Labute approximate surface area is 134 Å². The first-order valence-corrected chi connectivity index (χ1v) is 7.94. The highest BCUT2D eigenvalue weighted by atomic mass is 32.1. The Hall–Kier alpha value is -1.92. The molecule has 2 aromatic rings. The summed E-state index contributed by atoms with van der Waals surface area (Å²) in [7, 11) is 4.00. The first kappa shape index (κ1) is 16.5. The number of carboxylic acid groups (broad SMARTS) is 1. The van der Waals surface area contributed by atoms with E-state index in [2.05, 4.69) is 9.88 Å². The van der Waals surface area contributed by atoms with Crippen LogP contribution in [0, 0.1) is 0 Å². The van der Waals surface area contributed by atoms with Gasteiger partial charge in [-0.2, -0.15) is 0 Å². The van der Waals surface area contributed by atoms with Crippen molar-refractivity contribution in [2.45, 2.75) is 13.3 Å². The summed E-state index contributed by atoms with van der Waals surface area (Å²) in [4.78, 5) is 18.0. The number of aromatic carboxylic acids is 1. The molecule has 0 aliphatic rings. The first-order chi connectivity index (χ1) is 10.5. The molecule has 0 saturated carbocycles. The molecule has 1 heterocycles. The molecule has 5 nitrogen and oxygen atoms in total. The van der Waals surface area contributed by atoms with E-state index in [4.69, 9.17) is 4.74 Å². The van der Waals surface area contributed by atoms with Crippen LogP contribution in [-0.4, -0.2) is 48.2 Å². The van der Waals surface area contributed by atoms with Crippen LogP contribution in [0.5, 0.6) is 5.75 Å². The number of aryl methyl sites for hydroxylation is 1. The Morgan fingerprint density at radius 2 is 2.00 bits per heavy atom. The molecule has 0 aliphatic carbocycles. The van der Waals surface area contributed by atoms with Crippen LogP contribution in [0.3, 0.4) is 0 Å². The molecular formula is C16H20N2O3S. The van der Waals surface area contributed by atoms with Gasteiger partial charge >= 0.3 is 5.97 Å². The quantitative estimate of drug-likeness (QED) is 0.849. The molecule has 1 N–H and O–H groups in total. The summed E-state index contributed by atoms with van der Waals surface area (Å²) in [6.45, 7) is 3.40. The van der Waals surface area contributed by atoms with E-state index in [-0.39, 0.29) is 0 Å². The SMILES string of the molecule is CCc1nc(-c2ccc(OCCN(C)C)cc2)sc1C(=O)O. The zero-order valence-electron chi connectivity index (χ0n) is 13.0. The third kappa shape index (κ3) is 4.05. The van der Waals surface area contributed by atoms with Crippen LogP contribution in [0.15, 0.2) is 24.3 Å². The van der Waals surface area contributed by atoms with Crippen molar-refractivity contribution in [1.82, 2.24) is 9.88 Å². The van der Waals surface area contributed by atoms with Crippen LogP contribution in [0.2, 0.25) is 0 Å². The van der Waals surface area contributed by atoms with Gasteiger partial charge in [0.1, 0.15) is 22.2 Å². The highest BCUT2D eigenvalue weighted by molar-refractivity contribution is 7.17. The number of benzene rings is 1. The minimum Gasteiger partial charge on any atom is -0.492 e. The third-order valence-corrected chi connectivity index (χ3v) is 4.27. The van der Waals surface area contributed by atoms with Gasteiger partial charge in [0.2, 0.25) is 0 Å². The van der Waals surface area contributed by atoms with E-state index in [0.717, 1.165) is 22.9 Å². The average Bonchev–Trinajstić information content (AvgIpc) is 2.92. The standard InChI is InChI=1S/C16H20N2O3S/c1-4-13-14(16(19)20)22-15(17-13)11-5-7-12(8-6-11)21-10-9-18(2)3/h5-8H,4,9-10H2,1-3H3,(H,19,20). The van der Waals surface area contributed by atoms with Crippen LogP contribution in [-0.2, 0) is 6.42 Å². The largest absolute Gasteiger partial charge is 0.492 e. The molecule has 0 unspecified atom stereocenters. The maximum atomic E-state index is 11.2. The van der Waals surface area contributed by atoms with Crippen molar-refractivity contribution < 1.29 is 14.6 Å². The molecule has 0 fully saturated rings. The Balaban J connectivity index is 2.11. The van der Waals surface area contributed by atoms with Gasteiger partial charge in [-0.05, 0) is 44.8 Å². The molecule has 118 valence electrons. The monoisotopic (exact) mass is 320 g/mol. The molecule has 0 atom stereocenters. The molecule has 0 spiro atoms. The van der Waals surface area contributed by atoms with E-state index in [1.807, 2.05) is 45.3 Å². The van der Waals surface area contributed by atoms with Gasteiger partial charge < -0.3 is 14.7 Å². The molecule has 0 radical (unpaired) electrons. The summed E-state index contributed by atoms with van der Waals surface area (Å²) in [5.41, 5.74) is 1.55. The van der Waals surface area contributed by atoms with Gasteiger partial charge in [-0.25, -0.2) is 9.78 Å². The van der Waals surface area contributed by atoms with E-state index in [1.165, 1.54) is 11.3 Å². The van der Waals surface area contributed by atoms with Crippen LogP contribution >= 0.6 is 11.3 Å². The maximum absolute atomic E-state index is 11.2. The van der Waals surface area contributed by atoms with Crippen molar-refractivity contribution in [3.05, 3.63) is 34.8 Å². The molecule has 2 rings (SSSR count). The van der Waals surface area contributed by atoms with Gasteiger partial charge in [-0.1, -0.05) is 6.92 Å². The Morgan fingerprint density at radius 3 is 2.50 bits per heavy atom. The molecule has 6 heteroatoms. The second-order valence-electron chi connectivity index (χ2n) is 5.13. The Bertz CT molecular complexity index is 635. The lowest BCUT2D eigenvalue weighted by atomic mass is 10.2. The van der Waals surface area contributed by atoms with Crippen LogP contribution in [0.1, 0.15) is 22.3 Å². The lowest BCUT2D eigenvalue weighted by Crippen LogP contribution is -2.19. The van der Waals surface area contributed by atoms with Gasteiger partial charge in [-0.15, -0.1) is 11.3 Å². The van der Waals surface area contributed by atoms with Crippen LogP contribution in [0.25, 0.3) is 10.6 Å². The molecule has 0 amide bonds. The zero-order valence-corrected chi connectivity index (χ0v) is 13.8. The predicted molar refractivity (Wildman–Crippen MR) is 87.9 cm³/mol. The van der Waals surface area contributed by atoms with Crippen molar-refractivity contribution in [3.8, 4) is 16.3 Å². The minimum absolute atomic E-state index is 0.323. The van der Waals surface area contributed by atoms with Gasteiger partial charge in [0.15, 0.2) is 0 Å². The number of carbonyl (C=O) groups is 1. The third-order valence-electron chi connectivity index (χ3n) is 3.13. The second-order valence-corrected chi connectivity index (χ2v) is 6.13. The molecule has 0 saturated heterocycles. The normalized spacial score (nSPS) is 10.9. The number of thiazole rings is 1. The van der Waals surface area contributed by atoms with Crippen molar-refractivity contribution in [2.24, 2.45) is 0 Å². The molecular weight excluding hydrogens is 300 g/mol. The second kappa shape index (κ2) is 7.38. The van der Waals surface area contributed by atoms with Crippen molar-refractivity contribution in [1.29, 1.82) is 0 Å². The van der Waals surface area contributed by atoms with Crippen LogP contribution < -0.4 is 4.74 Å². The van der Waals surface area contributed by atoms with Crippen molar-refractivity contribution in [2.75, 3.05) is 27.2 Å². The number of hydrogen-bond acceptors (Lipinski definition) is 5. The lowest BCUT2D eigenvalue weighted by Gasteiger charge is -2.11. The number of nitrogens with zero attached hydrogens (tertiary/aromatic N) is 2. The molecule has 1 aromatic carbocycles. The number of carboxylic acids is 1. The number of rotatable bonds is 7. The molecule has 0 aliphatic heterocycles. The number of hydrogen-bond donors (Lipinski definition) is 1. The lowest BCUT2D eigenvalue weighted by molar-refractivity contribution is 0.0701. The summed E-state index contributed by atoms with van der Waals surface area (Å²) in [6, 6.07) is 7.60. The van der Waals surface area contributed by atoms with Gasteiger partial charge in [0.05, 0.1) is 5.69 Å². The highest BCUT2D eigenvalue weighted by Gasteiger charge is 2.16. The zero-order chi connectivity index (χ0) is 16.1. The van der Waals surface area contributed by atoms with E-state index in [1.54, 1.807) is 0 Å². The summed E-state index contributed by atoms with van der Waals surface area (Å²) in [5.74, 6) is -0.111. The van der Waals surface area contributed by atoms with Gasteiger partial charge in [0.25, 0.3) is 0 Å². The van der Waals surface area contributed by atoms with Gasteiger partial charge in [-0.3, -0.25) is 0 Å². The summed E-state index contributed by atoms with van der Waals surface area (Å²) < 4.78 is 5.64. The van der Waals surface area contributed by atoms with E-state index >= 15 is 0 Å². The number of aromatic nitrogens is 1. The highest BCUT2D eigenvalue weighted by Crippen LogP contribution is 2.29. The average molecular weight is 320 g/mol. The van der Waals surface area contributed by atoms with Crippen molar-refractivity contribution in [3.63, 3.8) is 0 Å². The Morgan fingerprint density at radius 1 is 1.32 bits per heavy atom. The van der Waals surface area contributed by atoms with E-state index < -0.39 is 5.97 Å². The minimum atomic E-state index is -0.913. The molecule has 0 bridgehead atoms. The van der Waals surface area contributed by atoms with E-state index in [0.29, 0.717) is 23.6 Å². The predicted octanol–water partition coefficient (Wildman–Crippen LogP) is 3.01. The Kier molecular flexibility index (Phi) is 5.51. The summed E-state index contributed by atoms with van der Waals surface area (Å²) in [6.07, 6.45) is 0.615. The van der Waals surface area contributed by atoms with Crippen LogP contribution in [0.4, 0.5) is 0 Å². The smallest absolute Gasteiger partial charge is 0.347 e. The first-order valence-electron chi connectivity index (χ1n) is 7.12. The fourth-order valence-corrected chi connectivity index (χ4v) is 2.92.